The quantitative estimate of drug-likeness (QED) is 0.687. The minimum absolute atomic E-state index is 0.133. The third-order valence-electron chi connectivity index (χ3n) is 5.87. The summed E-state index contributed by atoms with van der Waals surface area (Å²) in [6, 6.07) is 18.1. The Morgan fingerprint density at radius 3 is 2.41 bits per heavy atom. The zero-order chi connectivity index (χ0) is 20.3. The number of hydrogen-bond acceptors (Lipinski definition) is 3. The van der Waals surface area contributed by atoms with Crippen LogP contribution in [0.15, 0.2) is 54.6 Å². The highest BCUT2D eigenvalue weighted by atomic mass is 16.2. The van der Waals surface area contributed by atoms with E-state index in [4.69, 9.17) is 5.10 Å². The number of carbonyl (C=O) groups is 1. The summed E-state index contributed by atoms with van der Waals surface area (Å²) in [5.74, 6) is -0.133. The second kappa shape index (κ2) is 8.37. The van der Waals surface area contributed by atoms with Gasteiger partial charge in [-0.2, -0.15) is 5.10 Å². The summed E-state index contributed by atoms with van der Waals surface area (Å²) < 4.78 is 1.99. The van der Waals surface area contributed by atoms with Crippen LogP contribution in [0.2, 0.25) is 0 Å². The van der Waals surface area contributed by atoms with Gasteiger partial charge in [-0.05, 0) is 51.4 Å². The molecular formula is C24H30N4O. The molecule has 0 aliphatic carbocycles. The summed E-state index contributed by atoms with van der Waals surface area (Å²) in [6.07, 6.45) is 3.90. The number of rotatable bonds is 6. The predicted octanol–water partition coefficient (Wildman–Crippen LogP) is 4.19. The molecule has 1 aromatic heterocycles. The molecule has 2 heterocycles. The molecule has 0 unspecified atom stereocenters. The Kier molecular flexibility index (Phi) is 5.67. The summed E-state index contributed by atoms with van der Waals surface area (Å²) in [5, 5.41) is 8.81. The zero-order valence-corrected chi connectivity index (χ0v) is 17.4. The zero-order valence-electron chi connectivity index (χ0n) is 17.4. The van der Waals surface area contributed by atoms with Crippen molar-refractivity contribution in [2.75, 3.05) is 19.6 Å². The SMILES string of the molecule is CC(C)(NC(=O)c1nn(CCN2CCCCC2)c2ccccc12)c1ccccc1. The molecule has 1 amide bonds. The number of amides is 1. The lowest BCUT2D eigenvalue weighted by Gasteiger charge is -2.26. The van der Waals surface area contributed by atoms with E-state index in [1.54, 1.807) is 0 Å². The summed E-state index contributed by atoms with van der Waals surface area (Å²) in [7, 11) is 0. The highest BCUT2D eigenvalue weighted by Gasteiger charge is 2.26. The highest BCUT2D eigenvalue weighted by Crippen LogP contribution is 2.23. The Hall–Kier alpha value is -2.66. The first kappa shape index (κ1) is 19.6. The molecule has 1 saturated heterocycles. The molecule has 0 bridgehead atoms. The van der Waals surface area contributed by atoms with Gasteiger partial charge in [0.25, 0.3) is 5.91 Å². The molecule has 1 aliphatic rings. The van der Waals surface area contributed by atoms with Gasteiger partial charge in [0.1, 0.15) is 0 Å². The second-order valence-electron chi connectivity index (χ2n) is 8.44. The van der Waals surface area contributed by atoms with Crippen LogP contribution >= 0.6 is 0 Å². The first-order valence-electron chi connectivity index (χ1n) is 10.6. The van der Waals surface area contributed by atoms with Gasteiger partial charge in [-0.25, -0.2) is 0 Å². The molecule has 1 aliphatic heterocycles. The topological polar surface area (TPSA) is 50.2 Å². The number of nitrogens with one attached hydrogen (secondary N) is 1. The van der Waals surface area contributed by atoms with E-state index in [1.807, 2.05) is 67.1 Å². The van der Waals surface area contributed by atoms with Gasteiger partial charge >= 0.3 is 0 Å². The van der Waals surface area contributed by atoms with E-state index in [-0.39, 0.29) is 5.91 Å². The lowest BCUT2D eigenvalue weighted by molar-refractivity contribution is 0.0907. The molecule has 5 nitrogen and oxygen atoms in total. The average Bonchev–Trinajstić information content (AvgIpc) is 3.12. The average molecular weight is 391 g/mol. The Morgan fingerprint density at radius 1 is 0.966 bits per heavy atom. The Labute approximate surface area is 172 Å². The van der Waals surface area contributed by atoms with E-state index in [0.717, 1.165) is 42.6 Å². The van der Waals surface area contributed by atoms with Gasteiger partial charge in [0.15, 0.2) is 5.69 Å². The first-order chi connectivity index (χ1) is 14.0. The van der Waals surface area contributed by atoms with Crippen molar-refractivity contribution in [1.82, 2.24) is 20.0 Å². The minimum Gasteiger partial charge on any atom is -0.342 e. The Balaban J connectivity index is 1.56. The van der Waals surface area contributed by atoms with Crippen molar-refractivity contribution in [2.24, 2.45) is 0 Å². The van der Waals surface area contributed by atoms with Gasteiger partial charge in [0.2, 0.25) is 0 Å². The molecule has 1 N–H and O–H groups in total. The number of aromatic nitrogens is 2. The van der Waals surface area contributed by atoms with Crippen LogP contribution in [0.5, 0.6) is 0 Å². The van der Waals surface area contributed by atoms with Crippen LogP contribution < -0.4 is 5.32 Å². The van der Waals surface area contributed by atoms with Crippen LogP contribution in [0.3, 0.4) is 0 Å². The van der Waals surface area contributed by atoms with E-state index >= 15 is 0 Å². The largest absolute Gasteiger partial charge is 0.342 e. The summed E-state index contributed by atoms with van der Waals surface area (Å²) >= 11 is 0. The fourth-order valence-corrected chi connectivity index (χ4v) is 4.15. The van der Waals surface area contributed by atoms with Crippen LogP contribution in [0.4, 0.5) is 0 Å². The monoisotopic (exact) mass is 390 g/mol. The standard InChI is InChI=1S/C24H30N4O/c1-24(2,19-11-5-3-6-12-19)25-23(29)22-20-13-7-8-14-21(20)28(26-22)18-17-27-15-9-4-10-16-27/h3,5-8,11-14H,4,9-10,15-18H2,1-2H3,(H,25,29). The molecule has 0 atom stereocenters. The van der Waals surface area contributed by atoms with Crippen molar-refractivity contribution in [2.45, 2.75) is 45.2 Å². The fourth-order valence-electron chi connectivity index (χ4n) is 4.15. The van der Waals surface area contributed by atoms with Gasteiger partial charge in [0, 0.05) is 11.9 Å². The van der Waals surface area contributed by atoms with Crippen LogP contribution in [0.1, 0.15) is 49.2 Å². The molecular weight excluding hydrogens is 360 g/mol. The van der Waals surface area contributed by atoms with E-state index < -0.39 is 5.54 Å². The van der Waals surface area contributed by atoms with Crippen molar-refractivity contribution in [3.63, 3.8) is 0 Å². The van der Waals surface area contributed by atoms with Gasteiger partial charge < -0.3 is 10.2 Å². The number of nitrogens with zero attached hydrogens (tertiary/aromatic N) is 3. The Morgan fingerprint density at radius 2 is 1.66 bits per heavy atom. The first-order valence-corrected chi connectivity index (χ1v) is 10.6. The molecule has 1 fully saturated rings. The number of likely N-dealkylation sites (tertiary alicyclic amines) is 1. The van der Waals surface area contributed by atoms with E-state index in [2.05, 4.69) is 16.3 Å². The molecule has 152 valence electrons. The van der Waals surface area contributed by atoms with Crippen LogP contribution in [-0.4, -0.2) is 40.2 Å². The number of para-hydroxylation sites is 1. The van der Waals surface area contributed by atoms with Crippen molar-refractivity contribution in [3.8, 4) is 0 Å². The van der Waals surface area contributed by atoms with Crippen LogP contribution in [-0.2, 0) is 12.1 Å². The number of benzene rings is 2. The van der Waals surface area contributed by atoms with Crippen molar-refractivity contribution >= 4 is 16.8 Å². The minimum atomic E-state index is -0.475. The van der Waals surface area contributed by atoms with Gasteiger partial charge in [-0.3, -0.25) is 9.48 Å². The van der Waals surface area contributed by atoms with Crippen LogP contribution in [0.25, 0.3) is 10.9 Å². The normalized spacial score (nSPS) is 15.5. The molecule has 4 rings (SSSR count). The van der Waals surface area contributed by atoms with Gasteiger partial charge in [-0.1, -0.05) is 55.0 Å². The van der Waals surface area contributed by atoms with E-state index in [9.17, 15) is 4.79 Å². The predicted molar refractivity (Wildman–Crippen MR) is 117 cm³/mol. The number of fused-ring (bicyclic) bond motifs is 1. The number of piperidine rings is 1. The fraction of sp³-hybridized carbons (Fsp3) is 0.417. The van der Waals surface area contributed by atoms with Crippen LogP contribution in [0, 0.1) is 0 Å². The maximum absolute atomic E-state index is 13.2. The third kappa shape index (κ3) is 4.35. The number of hydrogen-bond donors (Lipinski definition) is 1. The third-order valence-corrected chi connectivity index (χ3v) is 5.87. The lowest BCUT2D eigenvalue weighted by atomic mass is 9.94. The summed E-state index contributed by atoms with van der Waals surface area (Å²) in [5.41, 5.74) is 2.12. The summed E-state index contributed by atoms with van der Waals surface area (Å²) in [6.45, 7) is 8.15. The van der Waals surface area contributed by atoms with Crippen molar-refractivity contribution < 1.29 is 4.79 Å². The maximum atomic E-state index is 13.2. The molecule has 0 spiro atoms. The molecule has 0 saturated carbocycles. The van der Waals surface area contributed by atoms with E-state index in [1.165, 1.54) is 19.3 Å². The molecule has 2 aromatic carbocycles. The molecule has 3 aromatic rings. The molecule has 5 heteroatoms. The second-order valence-corrected chi connectivity index (χ2v) is 8.44. The summed E-state index contributed by atoms with van der Waals surface area (Å²) in [4.78, 5) is 15.7. The smallest absolute Gasteiger partial charge is 0.273 e. The van der Waals surface area contributed by atoms with Gasteiger partial charge in [0.05, 0.1) is 17.6 Å². The molecule has 0 radical (unpaired) electrons. The maximum Gasteiger partial charge on any atom is 0.273 e. The highest BCUT2D eigenvalue weighted by molar-refractivity contribution is 6.05. The number of carbonyl (C=O) groups excluding carboxylic acids is 1. The van der Waals surface area contributed by atoms with E-state index in [0.29, 0.717) is 5.69 Å². The lowest BCUT2D eigenvalue weighted by Crippen LogP contribution is -2.41. The van der Waals surface area contributed by atoms with Gasteiger partial charge in [-0.15, -0.1) is 0 Å². The molecule has 29 heavy (non-hydrogen) atoms. The van der Waals surface area contributed by atoms with Crippen molar-refractivity contribution in [1.29, 1.82) is 0 Å². The van der Waals surface area contributed by atoms with Crippen molar-refractivity contribution in [3.05, 3.63) is 65.9 Å². The Bertz CT molecular complexity index is 971.